The molecule has 0 unspecified atom stereocenters. The molecule has 2 aliphatic heterocycles. The zero-order valence-electron chi connectivity index (χ0n) is 15.1. The first-order valence-electron chi connectivity index (χ1n) is 8.88. The third-order valence-electron chi connectivity index (χ3n) is 4.74. The average Bonchev–Trinajstić information content (AvgIpc) is 3.17. The zero-order valence-corrected chi connectivity index (χ0v) is 15.9. The van der Waals surface area contributed by atoms with Crippen molar-refractivity contribution < 1.29 is 17.9 Å². The molecular weight excluding hydrogens is 380 g/mol. The first-order chi connectivity index (χ1) is 13.5. The Kier molecular flexibility index (Phi) is 4.91. The van der Waals surface area contributed by atoms with Gasteiger partial charge in [-0.15, -0.1) is 0 Å². The van der Waals surface area contributed by atoms with Gasteiger partial charge in [0, 0.05) is 32.0 Å². The van der Waals surface area contributed by atoms with E-state index in [-0.39, 0.29) is 17.5 Å². The molecule has 1 N–H and O–H groups in total. The number of aromatic nitrogens is 1. The average molecular weight is 400 g/mol. The molecule has 9 heteroatoms. The van der Waals surface area contributed by atoms with Crippen LogP contribution in [0.1, 0.15) is 16.7 Å². The van der Waals surface area contributed by atoms with E-state index >= 15 is 0 Å². The Bertz CT molecular complexity index is 980. The summed E-state index contributed by atoms with van der Waals surface area (Å²) in [5.41, 5.74) is 2.99. The molecule has 0 bridgehead atoms. The van der Waals surface area contributed by atoms with Gasteiger partial charge in [-0.1, -0.05) is 12.1 Å². The van der Waals surface area contributed by atoms with Crippen LogP contribution < -0.4 is 5.32 Å². The first kappa shape index (κ1) is 18.3. The van der Waals surface area contributed by atoms with Gasteiger partial charge in [-0.05, 0) is 34.9 Å². The van der Waals surface area contributed by atoms with E-state index in [1.807, 2.05) is 6.07 Å². The Morgan fingerprint density at radius 3 is 2.64 bits per heavy atom. The Balaban J connectivity index is 1.36. The fourth-order valence-corrected chi connectivity index (χ4v) is 4.44. The van der Waals surface area contributed by atoms with Crippen LogP contribution in [0.4, 0.5) is 4.79 Å². The van der Waals surface area contributed by atoms with E-state index < -0.39 is 10.0 Å². The Morgan fingerprint density at radius 1 is 1.14 bits per heavy atom. The molecule has 0 aliphatic carbocycles. The van der Waals surface area contributed by atoms with Gasteiger partial charge in [0.25, 0.3) is 10.0 Å². The number of rotatable bonds is 4. The number of nitrogens with zero attached hydrogens (tertiary/aromatic N) is 3. The van der Waals surface area contributed by atoms with Crippen molar-refractivity contribution >= 4 is 16.1 Å². The van der Waals surface area contributed by atoms with Crippen molar-refractivity contribution in [1.82, 2.24) is 19.5 Å². The molecule has 2 aromatic rings. The third kappa shape index (κ3) is 3.65. The van der Waals surface area contributed by atoms with Gasteiger partial charge in [0.15, 0.2) is 0 Å². The summed E-state index contributed by atoms with van der Waals surface area (Å²) in [6, 6.07) is 8.28. The molecule has 146 valence electrons. The van der Waals surface area contributed by atoms with E-state index in [0.29, 0.717) is 26.2 Å². The lowest BCUT2D eigenvalue weighted by Crippen LogP contribution is -2.36. The fourth-order valence-electron chi connectivity index (χ4n) is 3.16. The molecule has 2 amide bonds. The summed E-state index contributed by atoms with van der Waals surface area (Å²) in [6.07, 6.45) is 6.29. The largest absolute Gasteiger partial charge is 0.498 e. The summed E-state index contributed by atoms with van der Waals surface area (Å²) in [6.45, 7) is 2.04. The molecule has 1 aromatic heterocycles. The van der Waals surface area contributed by atoms with Gasteiger partial charge in [0.05, 0.1) is 23.9 Å². The van der Waals surface area contributed by atoms with Crippen molar-refractivity contribution in [2.45, 2.75) is 24.5 Å². The normalized spacial score (nSPS) is 15.9. The molecular formula is C19H20N4O4S. The smallest absolute Gasteiger partial charge is 0.318 e. The highest BCUT2D eigenvalue weighted by Crippen LogP contribution is 2.21. The molecule has 0 spiro atoms. The second-order valence-electron chi connectivity index (χ2n) is 6.57. The number of urea groups is 1. The van der Waals surface area contributed by atoms with E-state index in [1.54, 1.807) is 41.6 Å². The van der Waals surface area contributed by atoms with Crippen LogP contribution in [0.3, 0.4) is 0 Å². The van der Waals surface area contributed by atoms with E-state index in [4.69, 9.17) is 4.74 Å². The lowest BCUT2D eigenvalue weighted by Gasteiger charge is -2.23. The minimum atomic E-state index is -3.59. The van der Waals surface area contributed by atoms with Crippen molar-refractivity contribution in [3.63, 3.8) is 0 Å². The number of pyridine rings is 1. The summed E-state index contributed by atoms with van der Waals surface area (Å²) in [5.74, 6) is 0. The minimum absolute atomic E-state index is 0.161. The summed E-state index contributed by atoms with van der Waals surface area (Å²) in [7, 11) is -3.59. The highest BCUT2D eigenvalue weighted by atomic mass is 32.2. The summed E-state index contributed by atoms with van der Waals surface area (Å²) in [5, 5.41) is 2.88. The number of ether oxygens (including phenoxy) is 1. The number of hydrogen-bond acceptors (Lipinski definition) is 5. The number of hydrogen-bond donors (Lipinski definition) is 1. The maximum atomic E-state index is 12.6. The maximum absolute atomic E-state index is 12.6. The number of carbonyl (C=O) groups is 1. The van der Waals surface area contributed by atoms with Crippen LogP contribution in [0.25, 0.3) is 0 Å². The van der Waals surface area contributed by atoms with Gasteiger partial charge in [0.2, 0.25) is 0 Å². The molecule has 0 radical (unpaired) electrons. The number of carbonyl (C=O) groups excluding carboxylic acids is 1. The molecule has 0 fully saturated rings. The van der Waals surface area contributed by atoms with Crippen molar-refractivity contribution in [2.24, 2.45) is 0 Å². The lowest BCUT2D eigenvalue weighted by molar-refractivity contribution is 0.198. The molecule has 1 aromatic carbocycles. The molecule has 2 aliphatic rings. The second kappa shape index (κ2) is 7.51. The van der Waals surface area contributed by atoms with Crippen LogP contribution >= 0.6 is 0 Å². The highest BCUT2D eigenvalue weighted by Gasteiger charge is 2.24. The predicted molar refractivity (Wildman–Crippen MR) is 101 cm³/mol. The highest BCUT2D eigenvalue weighted by molar-refractivity contribution is 7.89. The molecule has 28 heavy (non-hydrogen) atoms. The van der Waals surface area contributed by atoms with Crippen LogP contribution in [0.15, 0.2) is 60.1 Å². The van der Waals surface area contributed by atoms with Crippen molar-refractivity contribution in [3.05, 3.63) is 71.9 Å². The number of nitrogens with one attached hydrogen (secondary N) is 1. The summed E-state index contributed by atoms with van der Waals surface area (Å²) < 4.78 is 31.5. The van der Waals surface area contributed by atoms with Crippen molar-refractivity contribution in [1.29, 1.82) is 0 Å². The van der Waals surface area contributed by atoms with Crippen LogP contribution in [0.2, 0.25) is 0 Å². The van der Waals surface area contributed by atoms with Crippen molar-refractivity contribution in [3.8, 4) is 0 Å². The Hall–Kier alpha value is -3.07. The monoisotopic (exact) mass is 400 g/mol. The fraction of sp³-hybridized carbons (Fsp3) is 0.263. The summed E-state index contributed by atoms with van der Waals surface area (Å²) in [4.78, 5) is 18.4. The van der Waals surface area contributed by atoms with Crippen molar-refractivity contribution in [2.75, 3.05) is 13.2 Å². The van der Waals surface area contributed by atoms with Crippen LogP contribution in [-0.2, 0) is 34.4 Å². The molecule has 4 rings (SSSR count). The van der Waals surface area contributed by atoms with Crippen LogP contribution in [-0.4, -0.2) is 41.8 Å². The number of benzene rings is 1. The zero-order chi connectivity index (χ0) is 19.6. The van der Waals surface area contributed by atoms with Gasteiger partial charge in [-0.2, -0.15) is 0 Å². The van der Waals surface area contributed by atoms with Gasteiger partial charge in [-0.3, -0.25) is 9.29 Å². The summed E-state index contributed by atoms with van der Waals surface area (Å²) >= 11 is 0. The van der Waals surface area contributed by atoms with Gasteiger partial charge < -0.3 is 15.0 Å². The molecule has 0 saturated carbocycles. The first-order valence-corrected chi connectivity index (χ1v) is 10.3. The maximum Gasteiger partial charge on any atom is 0.318 e. The molecule has 3 heterocycles. The van der Waals surface area contributed by atoms with E-state index in [9.17, 15) is 13.2 Å². The molecule has 0 atom stereocenters. The Morgan fingerprint density at radius 2 is 1.93 bits per heavy atom. The van der Waals surface area contributed by atoms with Crippen LogP contribution in [0, 0.1) is 0 Å². The van der Waals surface area contributed by atoms with Gasteiger partial charge in [0.1, 0.15) is 6.61 Å². The molecule has 8 nitrogen and oxygen atoms in total. The lowest BCUT2D eigenvalue weighted by atomic mass is 10.2. The minimum Gasteiger partial charge on any atom is -0.498 e. The van der Waals surface area contributed by atoms with E-state index in [2.05, 4.69) is 10.3 Å². The standard InChI is InChI=1S/C19H20N4O4S/c24-19(22-13-16-5-6-20-12-17(16)14-22)21-11-15-1-3-18(4-2-15)28(25,26)23-7-9-27-10-8-23/h1-7,9,12H,8,10-11,13-14H2,(H,21,24). The SMILES string of the molecule is O=C(NCc1ccc(S(=O)(=O)N2C=COCC2)cc1)N1Cc2ccncc2C1. The third-order valence-corrected chi connectivity index (χ3v) is 6.53. The predicted octanol–water partition coefficient (Wildman–Crippen LogP) is 1.80. The second-order valence-corrected chi connectivity index (χ2v) is 8.47. The van der Waals surface area contributed by atoms with Gasteiger partial charge in [-0.25, -0.2) is 13.2 Å². The number of sulfonamides is 1. The van der Waals surface area contributed by atoms with Gasteiger partial charge >= 0.3 is 6.03 Å². The van der Waals surface area contributed by atoms with E-state index in [0.717, 1.165) is 16.7 Å². The topological polar surface area (TPSA) is 91.8 Å². The molecule has 0 saturated heterocycles. The quantitative estimate of drug-likeness (QED) is 0.845. The van der Waals surface area contributed by atoms with E-state index in [1.165, 1.54) is 16.8 Å². The number of fused-ring (bicyclic) bond motifs is 1. The number of amides is 2. The Labute approximate surface area is 163 Å². The van der Waals surface area contributed by atoms with Crippen LogP contribution in [0.5, 0.6) is 0 Å².